The topological polar surface area (TPSA) is 46.5 Å². The van der Waals surface area contributed by atoms with Gasteiger partial charge in [-0.1, -0.05) is 48.0 Å². The average Bonchev–Trinajstić information content (AvgIpc) is 2.51. The first-order valence-electron chi connectivity index (χ1n) is 7.52. The molecule has 0 aliphatic heterocycles. The van der Waals surface area contributed by atoms with Gasteiger partial charge < -0.3 is 9.84 Å². The molecule has 0 aliphatic rings. The van der Waals surface area contributed by atoms with Crippen LogP contribution in [0.15, 0.2) is 54.1 Å². The Bertz CT molecular complexity index is 669. The maximum absolute atomic E-state index is 11.7. The summed E-state index contributed by atoms with van der Waals surface area (Å²) in [6.45, 7) is 3.85. The lowest BCUT2D eigenvalue weighted by atomic mass is 10.0. The highest BCUT2D eigenvalue weighted by molar-refractivity contribution is 5.83. The number of allylic oxidation sites excluding steroid dienone is 1. The molecule has 0 amide bonds. The molecule has 0 fully saturated rings. The van der Waals surface area contributed by atoms with Crippen LogP contribution in [0.2, 0.25) is 0 Å². The predicted octanol–water partition coefficient (Wildman–Crippen LogP) is 4.16. The lowest BCUT2D eigenvalue weighted by Gasteiger charge is -2.17. The summed E-state index contributed by atoms with van der Waals surface area (Å²) in [5.41, 5.74) is 2.16. The predicted molar refractivity (Wildman–Crippen MR) is 88.5 cm³/mol. The van der Waals surface area contributed by atoms with Gasteiger partial charge in [-0.3, -0.25) is 4.79 Å². The smallest absolute Gasteiger partial charge is 0.308 e. The third-order valence-corrected chi connectivity index (χ3v) is 3.48. The number of aliphatic hydroxyl groups is 1. The fourth-order valence-electron chi connectivity index (χ4n) is 2.31. The summed E-state index contributed by atoms with van der Waals surface area (Å²) in [5, 5.41) is 11.2. The number of aliphatic hydroxyl groups excluding tert-OH is 1. The van der Waals surface area contributed by atoms with Crippen molar-refractivity contribution >= 4 is 16.7 Å². The Kier molecular flexibility index (Phi) is 5.73. The summed E-state index contributed by atoms with van der Waals surface area (Å²) in [5.74, 6) is -0.372. The Morgan fingerprint density at radius 3 is 2.59 bits per heavy atom. The highest BCUT2D eigenvalue weighted by atomic mass is 16.5. The SMILES string of the molecule is CC(C)=CCC(OC(=O)CCO)c1ccc2ccccc2c1. The molecule has 3 nitrogen and oxygen atoms in total. The summed E-state index contributed by atoms with van der Waals surface area (Å²) in [4.78, 5) is 11.7. The second kappa shape index (κ2) is 7.76. The van der Waals surface area contributed by atoms with Gasteiger partial charge in [0.1, 0.15) is 6.10 Å². The van der Waals surface area contributed by atoms with E-state index < -0.39 is 0 Å². The quantitative estimate of drug-likeness (QED) is 0.643. The van der Waals surface area contributed by atoms with E-state index in [9.17, 15) is 4.79 Å². The molecule has 0 spiro atoms. The first-order valence-corrected chi connectivity index (χ1v) is 7.52. The van der Waals surface area contributed by atoms with Crippen LogP contribution in [0.25, 0.3) is 10.8 Å². The van der Waals surface area contributed by atoms with E-state index in [1.807, 2.05) is 44.2 Å². The van der Waals surface area contributed by atoms with Crippen molar-refractivity contribution in [3.63, 3.8) is 0 Å². The van der Waals surface area contributed by atoms with Crippen molar-refractivity contribution in [2.75, 3.05) is 6.61 Å². The summed E-state index contributed by atoms with van der Waals surface area (Å²) in [6, 6.07) is 14.2. The Labute approximate surface area is 131 Å². The fourth-order valence-corrected chi connectivity index (χ4v) is 2.31. The van der Waals surface area contributed by atoms with E-state index in [1.54, 1.807) is 0 Å². The zero-order chi connectivity index (χ0) is 15.9. The molecule has 1 unspecified atom stereocenters. The third kappa shape index (κ3) is 4.43. The molecule has 2 aromatic rings. The van der Waals surface area contributed by atoms with Gasteiger partial charge in [0.15, 0.2) is 0 Å². The van der Waals surface area contributed by atoms with Gasteiger partial charge in [0.2, 0.25) is 0 Å². The summed E-state index contributed by atoms with van der Waals surface area (Å²) in [7, 11) is 0. The molecular formula is C19H22O3. The summed E-state index contributed by atoms with van der Waals surface area (Å²) in [6.07, 6.45) is 2.40. The van der Waals surface area contributed by atoms with Gasteiger partial charge in [-0.2, -0.15) is 0 Å². The van der Waals surface area contributed by atoms with Crippen LogP contribution in [-0.4, -0.2) is 17.7 Å². The molecule has 0 radical (unpaired) electrons. The molecule has 2 rings (SSSR count). The number of esters is 1. The van der Waals surface area contributed by atoms with E-state index in [0.717, 1.165) is 16.3 Å². The molecule has 0 aromatic heterocycles. The minimum absolute atomic E-state index is 0.0267. The molecule has 0 heterocycles. The largest absolute Gasteiger partial charge is 0.457 e. The van der Waals surface area contributed by atoms with Crippen molar-refractivity contribution in [1.29, 1.82) is 0 Å². The Balaban J connectivity index is 2.28. The van der Waals surface area contributed by atoms with Gasteiger partial charge in [0.05, 0.1) is 13.0 Å². The molecule has 1 N–H and O–H groups in total. The van der Waals surface area contributed by atoms with Crippen molar-refractivity contribution in [2.24, 2.45) is 0 Å². The van der Waals surface area contributed by atoms with Crippen molar-refractivity contribution in [1.82, 2.24) is 0 Å². The van der Waals surface area contributed by atoms with E-state index in [-0.39, 0.29) is 25.1 Å². The normalized spacial score (nSPS) is 12.0. The standard InChI is InChI=1S/C19H22O3/c1-14(2)7-10-18(22-19(21)11-12-20)17-9-8-15-5-3-4-6-16(15)13-17/h3-9,13,18,20H,10-12H2,1-2H3. The van der Waals surface area contributed by atoms with Crippen LogP contribution in [-0.2, 0) is 9.53 Å². The highest BCUT2D eigenvalue weighted by Gasteiger charge is 2.16. The lowest BCUT2D eigenvalue weighted by Crippen LogP contribution is -2.12. The average molecular weight is 298 g/mol. The fraction of sp³-hybridized carbons (Fsp3) is 0.316. The molecule has 1 atom stereocenters. The second-order valence-corrected chi connectivity index (χ2v) is 5.58. The molecule has 0 bridgehead atoms. The van der Waals surface area contributed by atoms with Crippen molar-refractivity contribution in [3.05, 3.63) is 59.7 Å². The summed E-state index contributed by atoms with van der Waals surface area (Å²) >= 11 is 0. The molecule has 3 heteroatoms. The minimum atomic E-state index is -0.372. The van der Waals surface area contributed by atoms with E-state index in [2.05, 4.69) is 18.2 Å². The molecule has 22 heavy (non-hydrogen) atoms. The first-order chi connectivity index (χ1) is 10.6. The molecule has 2 aromatic carbocycles. The zero-order valence-corrected chi connectivity index (χ0v) is 13.1. The van der Waals surface area contributed by atoms with Crippen LogP contribution >= 0.6 is 0 Å². The first kappa shape index (κ1) is 16.2. The second-order valence-electron chi connectivity index (χ2n) is 5.58. The van der Waals surface area contributed by atoms with Crippen LogP contribution in [0.4, 0.5) is 0 Å². The maximum Gasteiger partial charge on any atom is 0.308 e. The third-order valence-electron chi connectivity index (χ3n) is 3.48. The number of rotatable bonds is 6. The molecule has 0 saturated heterocycles. The van der Waals surface area contributed by atoms with Crippen LogP contribution < -0.4 is 0 Å². The van der Waals surface area contributed by atoms with Gasteiger partial charge in [-0.25, -0.2) is 0 Å². The van der Waals surface area contributed by atoms with Gasteiger partial charge in [0.25, 0.3) is 0 Å². The molecule has 0 saturated carbocycles. The number of fused-ring (bicyclic) bond motifs is 1. The van der Waals surface area contributed by atoms with E-state index >= 15 is 0 Å². The molecule has 116 valence electrons. The molecule has 0 aliphatic carbocycles. The Morgan fingerprint density at radius 2 is 1.91 bits per heavy atom. The monoisotopic (exact) mass is 298 g/mol. The minimum Gasteiger partial charge on any atom is -0.457 e. The highest BCUT2D eigenvalue weighted by Crippen LogP contribution is 2.26. The number of carbonyl (C=O) groups excluding carboxylic acids is 1. The van der Waals surface area contributed by atoms with Crippen LogP contribution in [0.3, 0.4) is 0 Å². The lowest BCUT2D eigenvalue weighted by molar-refractivity contribution is -0.150. The van der Waals surface area contributed by atoms with E-state index in [4.69, 9.17) is 9.84 Å². The van der Waals surface area contributed by atoms with Crippen molar-refractivity contribution < 1.29 is 14.6 Å². The zero-order valence-electron chi connectivity index (χ0n) is 13.1. The number of hydrogen-bond acceptors (Lipinski definition) is 3. The number of benzene rings is 2. The number of ether oxygens (including phenoxy) is 1. The van der Waals surface area contributed by atoms with Gasteiger partial charge in [-0.15, -0.1) is 0 Å². The van der Waals surface area contributed by atoms with Gasteiger partial charge in [-0.05, 0) is 36.2 Å². The summed E-state index contributed by atoms with van der Waals surface area (Å²) < 4.78 is 5.53. The van der Waals surface area contributed by atoms with Crippen LogP contribution in [0.5, 0.6) is 0 Å². The van der Waals surface area contributed by atoms with Crippen molar-refractivity contribution in [2.45, 2.75) is 32.8 Å². The van der Waals surface area contributed by atoms with Gasteiger partial charge in [0, 0.05) is 6.42 Å². The van der Waals surface area contributed by atoms with Crippen molar-refractivity contribution in [3.8, 4) is 0 Å². The maximum atomic E-state index is 11.7. The van der Waals surface area contributed by atoms with Crippen LogP contribution in [0, 0.1) is 0 Å². The van der Waals surface area contributed by atoms with E-state index in [0.29, 0.717) is 6.42 Å². The number of carbonyl (C=O) groups is 1. The molecular weight excluding hydrogens is 276 g/mol. The Morgan fingerprint density at radius 1 is 1.18 bits per heavy atom. The Hall–Kier alpha value is -2.13. The van der Waals surface area contributed by atoms with Gasteiger partial charge >= 0.3 is 5.97 Å². The number of hydrogen-bond donors (Lipinski definition) is 1. The van der Waals surface area contributed by atoms with Crippen LogP contribution in [0.1, 0.15) is 38.4 Å². The van der Waals surface area contributed by atoms with E-state index in [1.165, 1.54) is 5.57 Å².